The van der Waals surface area contributed by atoms with E-state index in [1.54, 1.807) is 0 Å². The van der Waals surface area contributed by atoms with Gasteiger partial charge in [-0.25, -0.2) is 4.79 Å². The van der Waals surface area contributed by atoms with Gasteiger partial charge in [0.05, 0.1) is 0 Å². The molecule has 0 radical (unpaired) electrons. The fraction of sp³-hybridized carbons (Fsp3) is 0.800. The zero-order valence-corrected chi connectivity index (χ0v) is 12.7. The van der Waals surface area contributed by atoms with Crippen LogP contribution in [-0.4, -0.2) is 42.3 Å². The fourth-order valence-electron chi connectivity index (χ4n) is 2.49. The van der Waals surface area contributed by atoms with Crippen LogP contribution in [0.3, 0.4) is 0 Å². The number of ether oxygens (including phenoxy) is 1. The zero-order chi connectivity index (χ0) is 14.5. The molecule has 1 saturated carbocycles. The topological polar surface area (TPSA) is 41.6 Å². The Morgan fingerprint density at radius 1 is 1.37 bits per heavy atom. The van der Waals surface area contributed by atoms with Crippen LogP contribution >= 0.6 is 0 Å². The Hall–Kier alpha value is -1.03. The molecule has 0 aromatic heterocycles. The highest BCUT2D eigenvalue weighted by Gasteiger charge is 2.26. The summed E-state index contributed by atoms with van der Waals surface area (Å²) in [5, 5.41) is 2.97. The second kappa shape index (κ2) is 6.94. The first-order valence-corrected chi connectivity index (χ1v) is 7.12. The number of nitrogens with zero attached hydrogens (tertiary/aromatic N) is 1. The van der Waals surface area contributed by atoms with Crippen LogP contribution in [-0.2, 0) is 4.74 Å². The van der Waals surface area contributed by atoms with Gasteiger partial charge in [0.25, 0.3) is 0 Å². The molecule has 110 valence electrons. The molecule has 19 heavy (non-hydrogen) atoms. The van der Waals surface area contributed by atoms with Crippen molar-refractivity contribution in [1.82, 2.24) is 10.2 Å². The lowest BCUT2D eigenvalue weighted by atomic mass is 9.90. The van der Waals surface area contributed by atoms with E-state index in [4.69, 9.17) is 4.74 Å². The molecule has 0 saturated heterocycles. The molecule has 0 aromatic rings. The summed E-state index contributed by atoms with van der Waals surface area (Å²) >= 11 is 0. The second-order valence-electron chi connectivity index (χ2n) is 6.38. The maximum absolute atomic E-state index is 11.7. The van der Waals surface area contributed by atoms with Crippen LogP contribution in [0.15, 0.2) is 12.7 Å². The van der Waals surface area contributed by atoms with Crippen molar-refractivity contribution in [3.05, 3.63) is 12.7 Å². The van der Waals surface area contributed by atoms with Crippen LogP contribution < -0.4 is 5.32 Å². The average Bonchev–Trinajstić information content (AvgIpc) is 2.27. The maximum Gasteiger partial charge on any atom is 0.407 e. The molecule has 1 aliphatic carbocycles. The lowest BCUT2D eigenvalue weighted by Crippen LogP contribution is -2.44. The molecule has 1 N–H and O–H groups in total. The summed E-state index contributed by atoms with van der Waals surface area (Å²) in [5.41, 5.74) is -0.425. The molecule has 0 unspecified atom stereocenters. The van der Waals surface area contributed by atoms with Gasteiger partial charge < -0.3 is 10.1 Å². The lowest BCUT2D eigenvalue weighted by Gasteiger charge is -2.34. The van der Waals surface area contributed by atoms with Crippen molar-refractivity contribution in [1.29, 1.82) is 0 Å². The highest BCUT2D eigenvalue weighted by Crippen LogP contribution is 2.22. The van der Waals surface area contributed by atoms with Crippen molar-refractivity contribution >= 4 is 6.09 Å². The number of hydrogen-bond donors (Lipinski definition) is 1. The van der Waals surface area contributed by atoms with Crippen molar-refractivity contribution in [2.45, 2.75) is 64.1 Å². The standard InChI is InChI=1S/C15H28N2O2/c1-6-11-17(5)13-9-7-12(8-10-13)16-14(18)19-15(2,3)4/h6,12-13H,1,7-11H2,2-5H3,(H,16,18). The normalized spacial score (nSPS) is 24.1. The van der Waals surface area contributed by atoms with Crippen molar-refractivity contribution in [3.8, 4) is 0 Å². The van der Waals surface area contributed by atoms with Gasteiger partial charge in [0.2, 0.25) is 0 Å². The highest BCUT2D eigenvalue weighted by atomic mass is 16.6. The number of rotatable bonds is 4. The van der Waals surface area contributed by atoms with Gasteiger partial charge in [0.15, 0.2) is 0 Å². The number of likely N-dealkylation sites (N-methyl/N-ethyl adjacent to an activating group) is 1. The van der Waals surface area contributed by atoms with Gasteiger partial charge in [-0.2, -0.15) is 0 Å². The molecular weight excluding hydrogens is 240 g/mol. The lowest BCUT2D eigenvalue weighted by molar-refractivity contribution is 0.0482. The first kappa shape index (κ1) is 16.0. The Morgan fingerprint density at radius 3 is 2.42 bits per heavy atom. The Balaban J connectivity index is 2.30. The average molecular weight is 268 g/mol. The molecule has 0 aliphatic heterocycles. The van der Waals surface area contributed by atoms with Crippen molar-refractivity contribution in [2.75, 3.05) is 13.6 Å². The number of hydrogen-bond acceptors (Lipinski definition) is 3. The summed E-state index contributed by atoms with van der Waals surface area (Å²) in [4.78, 5) is 14.0. The number of nitrogens with one attached hydrogen (secondary N) is 1. The molecular formula is C15H28N2O2. The smallest absolute Gasteiger partial charge is 0.407 e. The first-order valence-electron chi connectivity index (χ1n) is 7.12. The number of amides is 1. The molecule has 4 nitrogen and oxygen atoms in total. The first-order chi connectivity index (χ1) is 8.81. The van der Waals surface area contributed by atoms with Gasteiger partial charge in [-0.1, -0.05) is 6.08 Å². The third kappa shape index (κ3) is 6.10. The summed E-state index contributed by atoms with van der Waals surface area (Å²) in [7, 11) is 2.13. The predicted octanol–water partition coefficient (Wildman–Crippen LogP) is 2.94. The van der Waals surface area contributed by atoms with Gasteiger partial charge in [-0.05, 0) is 53.5 Å². The summed E-state index contributed by atoms with van der Waals surface area (Å²) < 4.78 is 5.28. The van der Waals surface area contributed by atoms with Crippen LogP contribution in [0.2, 0.25) is 0 Å². The van der Waals surface area contributed by atoms with Gasteiger partial charge >= 0.3 is 6.09 Å². The van der Waals surface area contributed by atoms with E-state index >= 15 is 0 Å². The molecule has 4 heteroatoms. The van der Waals surface area contributed by atoms with E-state index in [1.807, 2.05) is 26.8 Å². The quantitative estimate of drug-likeness (QED) is 0.797. The Bertz CT molecular complexity index is 302. The molecule has 0 heterocycles. The van der Waals surface area contributed by atoms with Crippen LogP contribution in [0.5, 0.6) is 0 Å². The maximum atomic E-state index is 11.7. The van der Waals surface area contributed by atoms with E-state index in [1.165, 1.54) is 0 Å². The summed E-state index contributed by atoms with van der Waals surface area (Å²) in [6, 6.07) is 0.859. The minimum atomic E-state index is -0.425. The third-order valence-electron chi connectivity index (χ3n) is 3.46. The van der Waals surface area contributed by atoms with E-state index in [0.717, 1.165) is 32.2 Å². The molecule has 0 aromatic carbocycles. The molecule has 1 fully saturated rings. The van der Waals surface area contributed by atoms with E-state index in [0.29, 0.717) is 6.04 Å². The van der Waals surface area contributed by atoms with Crippen LogP contribution in [0.1, 0.15) is 46.5 Å². The Morgan fingerprint density at radius 2 is 1.95 bits per heavy atom. The van der Waals surface area contributed by atoms with E-state index in [-0.39, 0.29) is 12.1 Å². The number of carbonyl (C=O) groups is 1. The van der Waals surface area contributed by atoms with Crippen molar-refractivity contribution < 1.29 is 9.53 Å². The molecule has 0 atom stereocenters. The molecule has 0 spiro atoms. The van der Waals surface area contributed by atoms with Crippen LogP contribution in [0, 0.1) is 0 Å². The molecule has 1 aliphatic rings. The monoisotopic (exact) mass is 268 g/mol. The summed E-state index contributed by atoms with van der Waals surface area (Å²) in [5.74, 6) is 0. The minimum Gasteiger partial charge on any atom is -0.444 e. The predicted molar refractivity (Wildman–Crippen MR) is 78.2 cm³/mol. The number of alkyl carbamates (subject to hydrolysis) is 1. The SMILES string of the molecule is C=CCN(C)C1CCC(NC(=O)OC(C)(C)C)CC1. The highest BCUT2D eigenvalue weighted by molar-refractivity contribution is 5.68. The number of carbonyl (C=O) groups excluding carboxylic acids is 1. The molecule has 1 amide bonds. The van der Waals surface area contributed by atoms with Gasteiger partial charge in [0.1, 0.15) is 5.60 Å². The summed E-state index contributed by atoms with van der Waals surface area (Å²) in [6.07, 6.45) is 5.91. The molecule has 1 rings (SSSR count). The van der Waals surface area contributed by atoms with Crippen molar-refractivity contribution in [2.24, 2.45) is 0 Å². The van der Waals surface area contributed by atoms with Crippen molar-refractivity contribution in [3.63, 3.8) is 0 Å². The van der Waals surface area contributed by atoms with E-state index < -0.39 is 5.60 Å². The second-order valence-corrected chi connectivity index (χ2v) is 6.38. The fourth-order valence-corrected chi connectivity index (χ4v) is 2.49. The van der Waals surface area contributed by atoms with Crippen LogP contribution in [0.4, 0.5) is 4.79 Å². The third-order valence-corrected chi connectivity index (χ3v) is 3.46. The Kier molecular flexibility index (Phi) is 5.85. The zero-order valence-electron chi connectivity index (χ0n) is 12.7. The molecule has 0 bridgehead atoms. The van der Waals surface area contributed by atoms with E-state index in [2.05, 4.69) is 23.8 Å². The Labute approximate surface area is 117 Å². The largest absolute Gasteiger partial charge is 0.444 e. The van der Waals surface area contributed by atoms with Crippen LogP contribution in [0.25, 0.3) is 0 Å². The van der Waals surface area contributed by atoms with Gasteiger partial charge in [-0.15, -0.1) is 6.58 Å². The van der Waals surface area contributed by atoms with E-state index in [9.17, 15) is 4.79 Å². The van der Waals surface area contributed by atoms with Gasteiger partial charge in [0, 0.05) is 18.6 Å². The minimum absolute atomic E-state index is 0.253. The summed E-state index contributed by atoms with van der Waals surface area (Å²) in [6.45, 7) is 10.3. The van der Waals surface area contributed by atoms with Gasteiger partial charge in [-0.3, -0.25) is 4.90 Å².